The Labute approximate surface area is 94.8 Å². The van der Waals surface area contributed by atoms with Gasteiger partial charge < -0.3 is 10.1 Å². The molecule has 0 amide bonds. The lowest BCUT2D eigenvalue weighted by Crippen LogP contribution is -2.28. The molecule has 1 rings (SSSR count). The number of hydrogen-bond donors (Lipinski definition) is 1. The Kier molecular flexibility index (Phi) is 4.60. The van der Waals surface area contributed by atoms with Gasteiger partial charge in [-0.05, 0) is 57.9 Å². The van der Waals surface area contributed by atoms with E-state index in [2.05, 4.69) is 26.1 Å². The zero-order valence-electron chi connectivity index (χ0n) is 10.9. The second-order valence-electron chi connectivity index (χ2n) is 5.64. The van der Waals surface area contributed by atoms with Gasteiger partial charge in [0.2, 0.25) is 0 Å². The zero-order valence-corrected chi connectivity index (χ0v) is 10.9. The van der Waals surface area contributed by atoms with Crippen LogP contribution in [0.25, 0.3) is 0 Å². The summed E-state index contributed by atoms with van der Waals surface area (Å²) in [7, 11) is 1.81. The van der Waals surface area contributed by atoms with Crippen LogP contribution in [0.3, 0.4) is 0 Å². The van der Waals surface area contributed by atoms with Gasteiger partial charge in [0.15, 0.2) is 0 Å². The minimum atomic E-state index is 0.0559. The topological polar surface area (TPSA) is 21.3 Å². The molecule has 0 aromatic rings. The van der Waals surface area contributed by atoms with Crippen molar-refractivity contribution in [3.8, 4) is 0 Å². The predicted molar refractivity (Wildman–Crippen MR) is 65.1 cm³/mol. The highest BCUT2D eigenvalue weighted by Gasteiger charge is 2.42. The van der Waals surface area contributed by atoms with Crippen molar-refractivity contribution in [1.82, 2.24) is 5.32 Å². The normalized spacial score (nSPS) is 19.2. The van der Waals surface area contributed by atoms with Gasteiger partial charge in [0.05, 0.1) is 5.60 Å². The van der Waals surface area contributed by atoms with Crippen molar-refractivity contribution < 1.29 is 4.74 Å². The molecule has 0 spiro atoms. The minimum Gasteiger partial charge on any atom is -0.379 e. The SMILES string of the molecule is CCCNCC1(CCC(C)(C)OC)CC1. The molecule has 15 heavy (non-hydrogen) atoms. The molecule has 0 unspecified atom stereocenters. The monoisotopic (exact) mass is 213 g/mol. The number of ether oxygens (including phenoxy) is 1. The lowest BCUT2D eigenvalue weighted by atomic mass is 9.92. The molecule has 0 radical (unpaired) electrons. The fourth-order valence-corrected chi connectivity index (χ4v) is 1.89. The smallest absolute Gasteiger partial charge is 0.0623 e. The molecular formula is C13H27NO. The first-order chi connectivity index (χ1) is 7.04. The number of methoxy groups -OCH3 is 1. The third-order valence-corrected chi connectivity index (χ3v) is 3.69. The highest BCUT2D eigenvalue weighted by atomic mass is 16.5. The summed E-state index contributed by atoms with van der Waals surface area (Å²) in [4.78, 5) is 0. The molecule has 0 atom stereocenters. The maximum atomic E-state index is 5.47. The lowest BCUT2D eigenvalue weighted by Gasteiger charge is -2.26. The fourth-order valence-electron chi connectivity index (χ4n) is 1.89. The summed E-state index contributed by atoms with van der Waals surface area (Å²) in [5.74, 6) is 0. The van der Waals surface area contributed by atoms with Crippen LogP contribution in [0.15, 0.2) is 0 Å². The largest absolute Gasteiger partial charge is 0.379 e. The van der Waals surface area contributed by atoms with Gasteiger partial charge in [0, 0.05) is 13.7 Å². The van der Waals surface area contributed by atoms with Crippen LogP contribution in [0.4, 0.5) is 0 Å². The van der Waals surface area contributed by atoms with Crippen LogP contribution in [0.1, 0.15) is 52.9 Å². The van der Waals surface area contributed by atoms with Gasteiger partial charge in [0.1, 0.15) is 0 Å². The third kappa shape index (κ3) is 4.52. The highest BCUT2D eigenvalue weighted by Crippen LogP contribution is 2.50. The van der Waals surface area contributed by atoms with Crippen molar-refractivity contribution in [2.75, 3.05) is 20.2 Å². The van der Waals surface area contributed by atoms with Crippen molar-refractivity contribution in [3.63, 3.8) is 0 Å². The van der Waals surface area contributed by atoms with Gasteiger partial charge >= 0.3 is 0 Å². The summed E-state index contributed by atoms with van der Waals surface area (Å²) < 4.78 is 5.47. The van der Waals surface area contributed by atoms with Crippen LogP contribution in [-0.2, 0) is 4.74 Å². The molecule has 90 valence electrons. The summed E-state index contributed by atoms with van der Waals surface area (Å²) in [6.07, 6.45) is 6.54. The quantitative estimate of drug-likeness (QED) is 0.626. The second-order valence-corrected chi connectivity index (χ2v) is 5.64. The molecule has 0 aliphatic heterocycles. The molecular weight excluding hydrogens is 186 g/mol. The minimum absolute atomic E-state index is 0.0559. The molecule has 0 bridgehead atoms. The van der Waals surface area contributed by atoms with Crippen LogP contribution in [0.2, 0.25) is 0 Å². The molecule has 2 heteroatoms. The first-order valence-electron chi connectivity index (χ1n) is 6.29. The van der Waals surface area contributed by atoms with Crippen LogP contribution >= 0.6 is 0 Å². The van der Waals surface area contributed by atoms with Crippen molar-refractivity contribution >= 4 is 0 Å². The van der Waals surface area contributed by atoms with E-state index in [-0.39, 0.29) is 5.60 Å². The number of hydrogen-bond acceptors (Lipinski definition) is 2. The van der Waals surface area contributed by atoms with E-state index in [1.54, 1.807) is 0 Å². The first kappa shape index (κ1) is 13.0. The molecule has 1 fully saturated rings. The van der Waals surface area contributed by atoms with Crippen molar-refractivity contribution in [1.29, 1.82) is 0 Å². The Hall–Kier alpha value is -0.0800. The highest BCUT2D eigenvalue weighted by molar-refractivity contribution is 4.95. The van der Waals surface area contributed by atoms with Crippen molar-refractivity contribution in [3.05, 3.63) is 0 Å². The van der Waals surface area contributed by atoms with E-state index in [0.29, 0.717) is 5.41 Å². The Morgan fingerprint density at radius 3 is 2.47 bits per heavy atom. The van der Waals surface area contributed by atoms with Gasteiger partial charge in [0.25, 0.3) is 0 Å². The summed E-state index contributed by atoms with van der Waals surface area (Å²) in [6, 6.07) is 0. The van der Waals surface area contributed by atoms with Crippen LogP contribution in [0.5, 0.6) is 0 Å². The maximum absolute atomic E-state index is 5.47. The molecule has 1 saturated carbocycles. The standard InChI is InChI=1S/C13H27NO/c1-5-10-14-11-13(8-9-13)7-6-12(2,3)15-4/h14H,5-11H2,1-4H3. The van der Waals surface area contributed by atoms with E-state index in [1.165, 1.54) is 38.6 Å². The molecule has 2 nitrogen and oxygen atoms in total. The molecule has 0 aromatic carbocycles. The Morgan fingerprint density at radius 2 is 2.00 bits per heavy atom. The summed E-state index contributed by atoms with van der Waals surface area (Å²) in [5, 5.41) is 3.55. The number of rotatable bonds is 8. The molecule has 0 aromatic heterocycles. The van der Waals surface area contributed by atoms with E-state index < -0.39 is 0 Å². The maximum Gasteiger partial charge on any atom is 0.0623 e. The van der Waals surface area contributed by atoms with Gasteiger partial charge in [-0.1, -0.05) is 6.92 Å². The molecule has 0 saturated heterocycles. The Bertz CT molecular complexity index is 185. The van der Waals surface area contributed by atoms with Crippen molar-refractivity contribution in [2.24, 2.45) is 5.41 Å². The van der Waals surface area contributed by atoms with Crippen LogP contribution in [0, 0.1) is 5.41 Å². The van der Waals surface area contributed by atoms with E-state index >= 15 is 0 Å². The third-order valence-electron chi connectivity index (χ3n) is 3.69. The van der Waals surface area contributed by atoms with Gasteiger partial charge in [-0.25, -0.2) is 0 Å². The second kappa shape index (κ2) is 5.31. The van der Waals surface area contributed by atoms with Gasteiger partial charge in [-0.3, -0.25) is 0 Å². The van der Waals surface area contributed by atoms with E-state index in [0.717, 1.165) is 6.54 Å². The Balaban J connectivity index is 2.19. The fraction of sp³-hybridized carbons (Fsp3) is 1.00. The average molecular weight is 213 g/mol. The van der Waals surface area contributed by atoms with E-state index in [4.69, 9.17) is 4.74 Å². The van der Waals surface area contributed by atoms with Crippen LogP contribution < -0.4 is 5.32 Å². The molecule has 1 aliphatic carbocycles. The molecule has 1 aliphatic rings. The van der Waals surface area contributed by atoms with E-state index in [9.17, 15) is 0 Å². The summed E-state index contributed by atoms with van der Waals surface area (Å²) in [5.41, 5.74) is 0.672. The lowest BCUT2D eigenvalue weighted by molar-refractivity contribution is 0.00926. The van der Waals surface area contributed by atoms with Crippen molar-refractivity contribution in [2.45, 2.75) is 58.5 Å². The number of nitrogens with one attached hydrogen (secondary N) is 1. The van der Waals surface area contributed by atoms with Crippen LogP contribution in [-0.4, -0.2) is 25.8 Å². The average Bonchev–Trinajstić information content (AvgIpc) is 2.97. The van der Waals surface area contributed by atoms with Gasteiger partial charge in [-0.15, -0.1) is 0 Å². The first-order valence-corrected chi connectivity index (χ1v) is 6.29. The summed E-state index contributed by atoms with van der Waals surface area (Å²) in [6.45, 7) is 8.96. The molecule has 1 N–H and O–H groups in total. The zero-order chi connectivity index (χ0) is 11.4. The Morgan fingerprint density at radius 1 is 1.33 bits per heavy atom. The summed E-state index contributed by atoms with van der Waals surface area (Å²) >= 11 is 0. The predicted octanol–water partition coefficient (Wildman–Crippen LogP) is 2.97. The van der Waals surface area contributed by atoms with Gasteiger partial charge in [-0.2, -0.15) is 0 Å². The van der Waals surface area contributed by atoms with E-state index in [1.807, 2.05) is 7.11 Å². The molecule has 0 heterocycles.